The maximum Gasteiger partial charge on any atom is 0.416 e. The second-order valence-corrected chi connectivity index (χ2v) is 5.79. The molecule has 7 nitrogen and oxygen atoms in total. The van der Waals surface area contributed by atoms with E-state index in [1.807, 2.05) is 32.0 Å². The van der Waals surface area contributed by atoms with Gasteiger partial charge in [0.2, 0.25) is 0 Å². The van der Waals surface area contributed by atoms with Crippen molar-refractivity contribution in [1.29, 1.82) is 0 Å². The number of para-hydroxylation sites is 1. The summed E-state index contributed by atoms with van der Waals surface area (Å²) in [6.07, 6.45) is -0.609. The van der Waals surface area contributed by atoms with Gasteiger partial charge in [-0.15, -0.1) is 0 Å². The van der Waals surface area contributed by atoms with Gasteiger partial charge in [0.15, 0.2) is 13.1 Å². The van der Waals surface area contributed by atoms with Gasteiger partial charge in [-0.2, -0.15) is 0 Å². The number of amides is 3. The Morgan fingerprint density at radius 3 is 2.48 bits per heavy atom. The number of hydrogen-bond acceptors (Lipinski definition) is 4. The van der Waals surface area contributed by atoms with Crippen LogP contribution in [0, 0.1) is 13.8 Å². The molecule has 1 atom stereocenters. The molecule has 0 radical (unpaired) electrons. The number of benzene rings is 1. The number of carbonyl (C=O) groups is 3. The highest BCUT2D eigenvalue weighted by molar-refractivity contribution is 5.94. The third-order valence-corrected chi connectivity index (χ3v) is 3.72. The number of cyclic esters (lactones) is 1. The zero-order valence-corrected chi connectivity index (χ0v) is 13.6. The molecule has 1 unspecified atom stereocenters. The van der Waals surface area contributed by atoms with E-state index in [4.69, 9.17) is 4.74 Å². The number of rotatable bonds is 5. The Morgan fingerprint density at radius 2 is 1.91 bits per heavy atom. The molecule has 1 saturated heterocycles. The summed E-state index contributed by atoms with van der Waals surface area (Å²) < 4.78 is 4.73. The van der Waals surface area contributed by atoms with Gasteiger partial charge in [0.25, 0.3) is 11.8 Å². The van der Waals surface area contributed by atoms with E-state index in [9.17, 15) is 14.4 Å². The molecule has 2 N–H and O–H groups in total. The summed E-state index contributed by atoms with van der Waals surface area (Å²) >= 11 is 0. The fourth-order valence-electron chi connectivity index (χ4n) is 2.51. The lowest BCUT2D eigenvalue weighted by Crippen LogP contribution is -3.11. The van der Waals surface area contributed by atoms with Crippen molar-refractivity contribution in [3.8, 4) is 0 Å². The van der Waals surface area contributed by atoms with Crippen LogP contribution in [-0.2, 0) is 14.3 Å². The quantitative estimate of drug-likeness (QED) is 0.783. The Labute approximate surface area is 135 Å². The van der Waals surface area contributed by atoms with Crippen molar-refractivity contribution in [3.63, 3.8) is 0 Å². The van der Waals surface area contributed by atoms with Crippen molar-refractivity contribution >= 4 is 23.6 Å². The van der Waals surface area contributed by atoms with Crippen LogP contribution < -0.4 is 10.2 Å². The number of likely N-dealkylation sites (N-methyl/N-ethyl adjacent to an activating group) is 1. The zero-order valence-electron chi connectivity index (χ0n) is 13.6. The number of hydrogen-bond donors (Lipinski definition) is 2. The van der Waals surface area contributed by atoms with Crippen molar-refractivity contribution in [3.05, 3.63) is 29.3 Å². The number of carbonyl (C=O) groups excluding carboxylic acids is 3. The molecule has 1 aliphatic heterocycles. The van der Waals surface area contributed by atoms with Crippen molar-refractivity contribution in [1.82, 2.24) is 4.90 Å². The second kappa shape index (κ2) is 7.23. The van der Waals surface area contributed by atoms with Gasteiger partial charge < -0.3 is 15.0 Å². The molecule has 0 spiro atoms. The van der Waals surface area contributed by atoms with Crippen LogP contribution in [0.1, 0.15) is 11.1 Å². The first kappa shape index (κ1) is 17.0. The fourth-order valence-corrected chi connectivity index (χ4v) is 2.51. The maximum atomic E-state index is 12.1. The zero-order chi connectivity index (χ0) is 17.0. The van der Waals surface area contributed by atoms with Gasteiger partial charge in [-0.3, -0.25) is 9.59 Å². The molecule has 0 aromatic heterocycles. The number of nitrogens with zero attached hydrogens (tertiary/aromatic N) is 1. The van der Waals surface area contributed by atoms with Crippen LogP contribution in [-0.4, -0.2) is 56.1 Å². The Hall–Kier alpha value is -2.41. The minimum atomic E-state index is -0.609. The van der Waals surface area contributed by atoms with E-state index >= 15 is 0 Å². The monoisotopic (exact) mass is 320 g/mol. The minimum Gasteiger partial charge on any atom is -0.447 e. The molecule has 7 heteroatoms. The molecule has 3 amide bonds. The summed E-state index contributed by atoms with van der Waals surface area (Å²) in [5.74, 6) is -0.499. The average Bonchev–Trinajstić information content (AvgIpc) is 2.89. The molecule has 1 aromatic rings. The Balaban J connectivity index is 1.87. The molecule has 1 aliphatic rings. The predicted molar refractivity (Wildman–Crippen MR) is 84.2 cm³/mol. The van der Waals surface area contributed by atoms with Crippen LogP contribution in [0.15, 0.2) is 18.2 Å². The molecule has 0 bridgehead atoms. The highest BCUT2D eigenvalue weighted by Crippen LogP contribution is 2.18. The Bertz CT molecular complexity index is 610. The third kappa shape index (κ3) is 4.29. The normalized spacial score (nSPS) is 15.3. The van der Waals surface area contributed by atoms with Gasteiger partial charge in [0.05, 0.1) is 13.6 Å². The van der Waals surface area contributed by atoms with E-state index < -0.39 is 6.09 Å². The average molecular weight is 320 g/mol. The van der Waals surface area contributed by atoms with Crippen molar-refractivity contribution in [2.75, 3.05) is 38.6 Å². The van der Waals surface area contributed by atoms with E-state index in [1.165, 1.54) is 0 Å². The van der Waals surface area contributed by atoms with Gasteiger partial charge >= 0.3 is 6.09 Å². The van der Waals surface area contributed by atoms with Gasteiger partial charge in [-0.1, -0.05) is 18.2 Å². The van der Waals surface area contributed by atoms with E-state index in [0.29, 0.717) is 4.90 Å². The van der Waals surface area contributed by atoms with E-state index in [-0.39, 0.29) is 38.1 Å². The molecule has 124 valence electrons. The van der Waals surface area contributed by atoms with E-state index in [2.05, 4.69) is 5.32 Å². The molecular weight excluding hydrogens is 298 g/mol. The summed E-state index contributed by atoms with van der Waals surface area (Å²) in [5, 5.41) is 2.88. The Kier molecular flexibility index (Phi) is 5.33. The molecule has 23 heavy (non-hydrogen) atoms. The van der Waals surface area contributed by atoms with Gasteiger partial charge in [0.1, 0.15) is 6.61 Å². The van der Waals surface area contributed by atoms with Crippen molar-refractivity contribution < 1.29 is 24.0 Å². The first-order valence-corrected chi connectivity index (χ1v) is 7.53. The summed E-state index contributed by atoms with van der Waals surface area (Å²) in [5.41, 5.74) is 2.79. The number of nitrogens with one attached hydrogen (secondary N) is 2. The van der Waals surface area contributed by atoms with Crippen LogP contribution in [0.4, 0.5) is 10.5 Å². The number of anilines is 1. The van der Waals surface area contributed by atoms with E-state index in [1.54, 1.807) is 7.05 Å². The van der Waals surface area contributed by atoms with Crippen LogP contribution in [0.2, 0.25) is 0 Å². The first-order valence-electron chi connectivity index (χ1n) is 7.53. The van der Waals surface area contributed by atoms with Crippen LogP contribution in [0.5, 0.6) is 0 Å². The topological polar surface area (TPSA) is 80.2 Å². The molecule has 1 aromatic carbocycles. The number of aryl methyl sites for hydroxylation is 2. The molecule has 1 heterocycles. The van der Waals surface area contributed by atoms with Gasteiger partial charge in [-0.25, -0.2) is 9.69 Å². The summed E-state index contributed by atoms with van der Waals surface area (Å²) in [4.78, 5) is 37.2. The molecule has 0 aliphatic carbocycles. The SMILES string of the molecule is Cc1cccc(C)c1NC(=O)C[NH+](C)CC(=O)N1CCOC1=O. The van der Waals surface area contributed by atoms with Crippen LogP contribution >= 0.6 is 0 Å². The lowest BCUT2D eigenvalue weighted by molar-refractivity contribution is -0.862. The summed E-state index contributed by atoms with van der Waals surface area (Å²) in [6, 6.07) is 5.80. The molecular formula is C16H22N3O4+. The van der Waals surface area contributed by atoms with Crippen molar-refractivity contribution in [2.24, 2.45) is 0 Å². The smallest absolute Gasteiger partial charge is 0.416 e. The summed E-state index contributed by atoms with van der Waals surface area (Å²) in [7, 11) is 1.74. The largest absolute Gasteiger partial charge is 0.447 e. The first-order chi connectivity index (χ1) is 10.9. The van der Waals surface area contributed by atoms with Crippen LogP contribution in [0.3, 0.4) is 0 Å². The lowest BCUT2D eigenvalue weighted by Gasteiger charge is -2.17. The second-order valence-electron chi connectivity index (χ2n) is 5.79. The van der Waals surface area contributed by atoms with E-state index in [0.717, 1.165) is 21.7 Å². The summed E-state index contributed by atoms with van der Waals surface area (Å²) in [6.45, 7) is 4.58. The molecule has 1 fully saturated rings. The predicted octanol–water partition coefficient (Wildman–Crippen LogP) is -0.265. The minimum absolute atomic E-state index is 0.0648. The van der Waals surface area contributed by atoms with Gasteiger partial charge in [-0.05, 0) is 25.0 Å². The third-order valence-electron chi connectivity index (χ3n) is 3.72. The molecule has 2 rings (SSSR count). The van der Waals surface area contributed by atoms with Crippen LogP contribution in [0.25, 0.3) is 0 Å². The fraction of sp³-hybridized carbons (Fsp3) is 0.438. The highest BCUT2D eigenvalue weighted by Gasteiger charge is 2.30. The standard InChI is InChI=1S/C16H21N3O4/c1-11-5-4-6-12(2)15(11)17-13(20)9-18(3)10-14(21)19-7-8-23-16(19)22/h4-6H,7-10H2,1-3H3,(H,17,20)/p+1. The maximum absolute atomic E-state index is 12.1. The highest BCUT2D eigenvalue weighted by atomic mass is 16.6. The Morgan fingerprint density at radius 1 is 1.26 bits per heavy atom. The number of quaternary nitrogens is 1. The number of imide groups is 1. The van der Waals surface area contributed by atoms with Crippen molar-refractivity contribution in [2.45, 2.75) is 13.8 Å². The lowest BCUT2D eigenvalue weighted by atomic mass is 10.1. The van der Waals surface area contributed by atoms with Gasteiger partial charge in [0, 0.05) is 5.69 Å². The molecule has 0 saturated carbocycles. The number of ether oxygens (including phenoxy) is 1.